The number of nitrogens with two attached hydrogens (primary N) is 1. The number of hydrogen-bond acceptors (Lipinski definition) is 4. The zero-order valence-corrected chi connectivity index (χ0v) is 12.3. The fraction of sp³-hybridized carbons (Fsp3) is 0.625. The summed E-state index contributed by atoms with van der Waals surface area (Å²) in [6.45, 7) is 6.03. The van der Waals surface area contributed by atoms with Gasteiger partial charge in [0.1, 0.15) is 18.5 Å². The predicted molar refractivity (Wildman–Crippen MR) is 80.7 cm³/mol. The fourth-order valence-corrected chi connectivity index (χ4v) is 2.68. The Labute approximate surface area is 121 Å². The number of rotatable bonds is 7. The Kier molecular flexibility index (Phi) is 5.83. The first-order valence-electron chi connectivity index (χ1n) is 7.53. The van der Waals surface area contributed by atoms with Crippen LogP contribution in [0.2, 0.25) is 0 Å². The molecule has 4 heteroatoms. The van der Waals surface area contributed by atoms with Gasteiger partial charge >= 0.3 is 0 Å². The normalized spacial score (nSPS) is 21.1. The van der Waals surface area contributed by atoms with Gasteiger partial charge in [-0.25, -0.2) is 0 Å². The van der Waals surface area contributed by atoms with E-state index in [1.165, 1.54) is 12.8 Å². The Balaban J connectivity index is 1.70. The van der Waals surface area contributed by atoms with Crippen LogP contribution in [0.1, 0.15) is 25.3 Å². The van der Waals surface area contributed by atoms with Crippen LogP contribution in [0.5, 0.6) is 5.75 Å². The molecule has 0 aromatic heterocycles. The van der Waals surface area contributed by atoms with Crippen molar-refractivity contribution in [2.45, 2.75) is 32.4 Å². The molecule has 20 heavy (non-hydrogen) atoms. The van der Waals surface area contributed by atoms with Gasteiger partial charge in [0.2, 0.25) is 0 Å². The van der Waals surface area contributed by atoms with Gasteiger partial charge in [-0.05, 0) is 36.6 Å². The van der Waals surface area contributed by atoms with Crippen LogP contribution in [-0.2, 0) is 6.54 Å². The average Bonchev–Trinajstić information content (AvgIpc) is 2.93. The number of aliphatic hydroxyl groups excluding tert-OH is 1. The van der Waals surface area contributed by atoms with Gasteiger partial charge in [0.15, 0.2) is 0 Å². The van der Waals surface area contributed by atoms with E-state index < -0.39 is 6.10 Å². The lowest BCUT2D eigenvalue weighted by Crippen LogP contribution is -2.34. The molecule has 1 aliphatic rings. The van der Waals surface area contributed by atoms with Crippen molar-refractivity contribution in [3.8, 4) is 5.75 Å². The predicted octanol–water partition coefficient (Wildman–Crippen LogP) is 1.62. The molecule has 0 bridgehead atoms. The lowest BCUT2D eigenvalue weighted by molar-refractivity contribution is 0.0746. The molecule has 0 amide bonds. The van der Waals surface area contributed by atoms with Crippen LogP contribution in [0.3, 0.4) is 0 Å². The summed E-state index contributed by atoms with van der Waals surface area (Å²) in [7, 11) is 0. The summed E-state index contributed by atoms with van der Waals surface area (Å²) in [5.41, 5.74) is 6.63. The van der Waals surface area contributed by atoms with Crippen molar-refractivity contribution < 1.29 is 9.84 Å². The molecule has 1 saturated heterocycles. The number of β-amino-alcohol motifs (C(OH)–C–C–N with tert-alkyl or cyclic N) is 1. The average molecular weight is 278 g/mol. The van der Waals surface area contributed by atoms with Gasteiger partial charge in [0, 0.05) is 19.6 Å². The number of ether oxygens (including phenoxy) is 1. The zero-order chi connectivity index (χ0) is 14.4. The fourth-order valence-electron chi connectivity index (χ4n) is 2.68. The van der Waals surface area contributed by atoms with Crippen LogP contribution in [0, 0.1) is 5.92 Å². The van der Waals surface area contributed by atoms with Crippen LogP contribution in [0.4, 0.5) is 0 Å². The molecule has 1 heterocycles. The molecule has 1 aromatic carbocycles. The Morgan fingerprint density at radius 2 is 2.15 bits per heavy atom. The van der Waals surface area contributed by atoms with E-state index in [0.717, 1.165) is 30.3 Å². The molecule has 112 valence electrons. The smallest absolute Gasteiger partial charge is 0.119 e. The molecule has 0 radical (unpaired) electrons. The first-order valence-corrected chi connectivity index (χ1v) is 7.53. The lowest BCUT2D eigenvalue weighted by Gasteiger charge is -2.20. The highest BCUT2D eigenvalue weighted by molar-refractivity contribution is 5.27. The molecule has 2 unspecified atom stereocenters. The van der Waals surface area contributed by atoms with Crippen LogP contribution in [0.25, 0.3) is 0 Å². The molecule has 2 rings (SSSR count). The maximum absolute atomic E-state index is 10.0. The lowest BCUT2D eigenvalue weighted by atomic mass is 10.1. The van der Waals surface area contributed by atoms with E-state index in [9.17, 15) is 5.11 Å². The second-order valence-electron chi connectivity index (χ2n) is 5.64. The second-order valence-corrected chi connectivity index (χ2v) is 5.64. The molecule has 2 atom stereocenters. The summed E-state index contributed by atoms with van der Waals surface area (Å²) >= 11 is 0. The van der Waals surface area contributed by atoms with E-state index in [1.54, 1.807) is 0 Å². The van der Waals surface area contributed by atoms with Crippen molar-refractivity contribution in [1.82, 2.24) is 4.90 Å². The third-order valence-electron chi connectivity index (χ3n) is 4.02. The third kappa shape index (κ3) is 4.47. The zero-order valence-electron chi connectivity index (χ0n) is 12.3. The van der Waals surface area contributed by atoms with Crippen molar-refractivity contribution in [2.24, 2.45) is 11.7 Å². The second kappa shape index (κ2) is 7.62. The van der Waals surface area contributed by atoms with Crippen molar-refractivity contribution in [1.29, 1.82) is 0 Å². The van der Waals surface area contributed by atoms with Crippen LogP contribution >= 0.6 is 0 Å². The summed E-state index contributed by atoms with van der Waals surface area (Å²) in [5, 5.41) is 10.0. The van der Waals surface area contributed by atoms with Crippen LogP contribution in [0.15, 0.2) is 24.3 Å². The number of aliphatic hydroxyl groups is 1. The first-order chi connectivity index (χ1) is 9.71. The topological polar surface area (TPSA) is 58.7 Å². The van der Waals surface area contributed by atoms with E-state index >= 15 is 0 Å². The third-order valence-corrected chi connectivity index (χ3v) is 4.02. The minimum Gasteiger partial charge on any atom is -0.491 e. The van der Waals surface area contributed by atoms with Crippen molar-refractivity contribution >= 4 is 0 Å². The summed E-state index contributed by atoms with van der Waals surface area (Å²) in [6, 6.07) is 7.71. The minimum atomic E-state index is -0.431. The minimum absolute atomic E-state index is 0.343. The molecule has 0 spiro atoms. The van der Waals surface area contributed by atoms with Crippen LogP contribution < -0.4 is 10.5 Å². The van der Waals surface area contributed by atoms with Gasteiger partial charge in [-0.1, -0.05) is 25.5 Å². The standard InChI is InChI=1S/C16H26N2O2/c1-2-13-7-8-18(10-13)11-15(19)12-20-16-5-3-14(9-17)4-6-16/h3-6,13,15,19H,2,7-12,17H2,1H3. The van der Waals surface area contributed by atoms with E-state index in [4.69, 9.17) is 10.5 Å². The Morgan fingerprint density at radius 3 is 2.75 bits per heavy atom. The first kappa shape index (κ1) is 15.3. The van der Waals surface area contributed by atoms with Gasteiger partial charge in [0.05, 0.1) is 0 Å². The van der Waals surface area contributed by atoms with Gasteiger partial charge < -0.3 is 20.5 Å². The Bertz CT molecular complexity index is 394. The highest BCUT2D eigenvalue weighted by Gasteiger charge is 2.22. The van der Waals surface area contributed by atoms with E-state index in [0.29, 0.717) is 19.7 Å². The summed E-state index contributed by atoms with van der Waals surface area (Å²) in [5.74, 6) is 1.58. The van der Waals surface area contributed by atoms with Crippen molar-refractivity contribution in [3.05, 3.63) is 29.8 Å². The van der Waals surface area contributed by atoms with Gasteiger partial charge in [-0.2, -0.15) is 0 Å². The quantitative estimate of drug-likeness (QED) is 0.795. The Morgan fingerprint density at radius 1 is 1.40 bits per heavy atom. The maximum Gasteiger partial charge on any atom is 0.119 e. The molecular weight excluding hydrogens is 252 g/mol. The molecule has 1 aliphatic heterocycles. The van der Waals surface area contributed by atoms with Gasteiger partial charge in [-0.15, -0.1) is 0 Å². The van der Waals surface area contributed by atoms with Crippen LogP contribution in [-0.4, -0.2) is 42.4 Å². The summed E-state index contributed by atoms with van der Waals surface area (Å²) < 4.78 is 5.61. The molecule has 1 fully saturated rings. The number of benzene rings is 1. The number of likely N-dealkylation sites (tertiary alicyclic amines) is 1. The summed E-state index contributed by atoms with van der Waals surface area (Å²) in [4.78, 5) is 2.33. The monoisotopic (exact) mass is 278 g/mol. The van der Waals surface area contributed by atoms with Crippen molar-refractivity contribution in [3.63, 3.8) is 0 Å². The molecule has 0 saturated carbocycles. The highest BCUT2D eigenvalue weighted by Crippen LogP contribution is 2.19. The molecule has 1 aromatic rings. The van der Waals surface area contributed by atoms with Gasteiger partial charge in [0.25, 0.3) is 0 Å². The van der Waals surface area contributed by atoms with Crippen molar-refractivity contribution in [2.75, 3.05) is 26.2 Å². The van der Waals surface area contributed by atoms with E-state index in [1.807, 2.05) is 24.3 Å². The largest absolute Gasteiger partial charge is 0.491 e. The highest BCUT2D eigenvalue weighted by atomic mass is 16.5. The maximum atomic E-state index is 10.0. The molecule has 3 N–H and O–H groups in total. The molecule has 4 nitrogen and oxygen atoms in total. The molecule has 0 aliphatic carbocycles. The summed E-state index contributed by atoms with van der Waals surface area (Å²) in [6.07, 6.45) is 2.06. The van der Waals surface area contributed by atoms with Gasteiger partial charge in [-0.3, -0.25) is 0 Å². The number of hydrogen-bond donors (Lipinski definition) is 2. The molecular formula is C16H26N2O2. The Hall–Kier alpha value is -1.10. The number of nitrogens with zero attached hydrogens (tertiary/aromatic N) is 1. The SMILES string of the molecule is CCC1CCN(CC(O)COc2ccc(CN)cc2)C1. The van der Waals surface area contributed by atoms with E-state index in [-0.39, 0.29) is 0 Å². The van der Waals surface area contributed by atoms with E-state index in [2.05, 4.69) is 11.8 Å².